The molecule has 0 aromatic heterocycles. The van der Waals surface area contributed by atoms with Gasteiger partial charge in [0.15, 0.2) is 0 Å². The number of ether oxygens (including phenoxy) is 1. The van der Waals surface area contributed by atoms with Gasteiger partial charge in [0.2, 0.25) is 5.91 Å². The summed E-state index contributed by atoms with van der Waals surface area (Å²) in [5.41, 5.74) is 2.06. The maximum absolute atomic E-state index is 13.7. The summed E-state index contributed by atoms with van der Waals surface area (Å²) in [5.74, 6) is -0.117. The van der Waals surface area contributed by atoms with E-state index in [0.29, 0.717) is 17.0 Å². The Morgan fingerprint density at radius 2 is 1.69 bits per heavy atom. The molecule has 1 aliphatic heterocycles. The summed E-state index contributed by atoms with van der Waals surface area (Å²) < 4.78 is 5.18. The zero-order valence-electron chi connectivity index (χ0n) is 18.8. The Balaban J connectivity index is 1.67. The number of methoxy groups -OCH3 is 1. The third-order valence-corrected chi connectivity index (χ3v) is 6.51. The average Bonchev–Trinajstić information content (AvgIpc) is 2.96. The highest BCUT2D eigenvalue weighted by molar-refractivity contribution is 6.23. The van der Waals surface area contributed by atoms with Crippen LogP contribution in [-0.4, -0.2) is 41.8 Å². The normalized spacial score (nSPS) is 19.7. The van der Waals surface area contributed by atoms with Gasteiger partial charge in [-0.3, -0.25) is 14.4 Å². The molecule has 168 valence electrons. The maximum Gasteiger partial charge on any atom is 0.257 e. The Hall–Kier alpha value is -3.15. The van der Waals surface area contributed by atoms with Crippen molar-refractivity contribution in [2.45, 2.75) is 64.0 Å². The van der Waals surface area contributed by atoms with E-state index >= 15 is 0 Å². The molecule has 1 unspecified atom stereocenters. The number of hydrogen-bond donors (Lipinski definition) is 0. The van der Waals surface area contributed by atoms with Crippen molar-refractivity contribution in [3.8, 4) is 5.75 Å². The van der Waals surface area contributed by atoms with Crippen LogP contribution >= 0.6 is 0 Å². The smallest absolute Gasteiger partial charge is 0.257 e. The van der Waals surface area contributed by atoms with Crippen molar-refractivity contribution in [1.29, 1.82) is 0 Å². The first kappa shape index (κ1) is 22.1. The minimum absolute atomic E-state index is 0.0128. The molecule has 1 saturated carbocycles. The van der Waals surface area contributed by atoms with E-state index in [1.165, 1.54) is 4.90 Å². The number of benzene rings is 2. The van der Waals surface area contributed by atoms with Crippen LogP contribution in [0.2, 0.25) is 0 Å². The second-order valence-electron chi connectivity index (χ2n) is 8.71. The van der Waals surface area contributed by atoms with E-state index in [2.05, 4.69) is 0 Å². The lowest BCUT2D eigenvalue weighted by Crippen LogP contribution is -2.50. The molecule has 1 heterocycles. The number of carbonyl (C=O) groups is 3. The number of anilines is 1. The summed E-state index contributed by atoms with van der Waals surface area (Å²) in [6.07, 6.45) is 6.06. The van der Waals surface area contributed by atoms with Crippen molar-refractivity contribution in [1.82, 2.24) is 4.90 Å². The number of amides is 3. The van der Waals surface area contributed by atoms with Gasteiger partial charge in [-0.05, 0) is 56.2 Å². The van der Waals surface area contributed by atoms with Crippen LogP contribution in [0.4, 0.5) is 5.69 Å². The second-order valence-corrected chi connectivity index (χ2v) is 8.71. The third kappa shape index (κ3) is 4.40. The average molecular weight is 435 g/mol. The summed E-state index contributed by atoms with van der Waals surface area (Å²) in [6.45, 7) is 1.95. The van der Waals surface area contributed by atoms with E-state index in [0.717, 1.165) is 44.1 Å². The van der Waals surface area contributed by atoms with Crippen LogP contribution in [0.5, 0.6) is 5.75 Å². The summed E-state index contributed by atoms with van der Waals surface area (Å²) in [4.78, 5) is 43.1. The highest BCUT2D eigenvalue weighted by atomic mass is 16.5. The molecular formula is C26H30N2O4. The summed E-state index contributed by atoms with van der Waals surface area (Å²) in [7, 11) is 1.57. The van der Waals surface area contributed by atoms with Crippen LogP contribution in [0.1, 0.15) is 60.9 Å². The maximum atomic E-state index is 13.7. The van der Waals surface area contributed by atoms with E-state index in [1.54, 1.807) is 42.3 Å². The molecule has 1 atom stereocenters. The molecule has 0 N–H and O–H groups in total. The monoisotopic (exact) mass is 434 g/mol. The Morgan fingerprint density at radius 3 is 2.31 bits per heavy atom. The van der Waals surface area contributed by atoms with Gasteiger partial charge in [0.1, 0.15) is 11.8 Å². The fourth-order valence-electron chi connectivity index (χ4n) is 4.86. The van der Waals surface area contributed by atoms with Gasteiger partial charge in [0.05, 0.1) is 19.2 Å². The molecule has 4 rings (SSSR count). The quantitative estimate of drug-likeness (QED) is 0.513. The third-order valence-electron chi connectivity index (χ3n) is 6.51. The van der Waals surface area contributed by atoms with Crippen LogP contribution in [0.3, 0.4) is 0 Å². The van der Waals surface area contributed by atoms with Gasteiger partial charge < -0.3 is 9.64 Å². The molecule has 2 fully saturated rings. The van der Waals surface area contributed by atoms with Crippen molar-refractivity contribution < 1.29 is 19.1 Å². The summed E-state index contributed by atoms with van der Waals surface area (Å²) >= 11 is 0. The molecule has 0 bridgehead atoms. The lowest BCUT2D eigenvalue weighted by molar-refractivity contribution is -0.123. The van der Waals surface area contributed by atoms with Gasteiger partial charge in [-0.2, -0.15) is 0 Å². The molecule has 2 aromatic carbocycles. The van der Waals surface area contributed by atoms with Crippen LogP contribution in [0.15, 0.2) is 48.5 Å². The molecule has 6 nitrogen and oxygen atoms in total. The van der Waals surface area contributed by atoms with E-state index in [9.17, 15) is 14.4 Å². The van der Waals surface area contributed by atoms with Crippen molar-refractivity contribution >= 4 is 23.4 Å². The van der Waals surface area contributed by atoms with Crippen molar-refractivity contribution in [2.24, 2.45) is 0 Å². The molecule has 3 amide bonds. The van der Waals surface area contributed by atoms with Crippen LogP contribution in [0.25, 0.3) is 0 Å². The van der Waals surface area contributed by atoms with Gasteiger partial charge >= 0.3 is 0 Å². The zero-order chi connectivity index (χ0) is 22.7. The zero-order valence-corrected chi connectivity index (χ0v) is 18.8. The van der Waals surface area contributed by atoms with Crippen molar-refractivity contribution in [3.05, 3.63) is 59.7 Å². The predicted molar refractivity (Wildman–Crippen MR) is 123 cm³/mol. The number of nitrogens with zero attached hydrogens (tertiary/aromatic N) is 2. The summed E-state index contributed by atoms with van der Waals surface area (Å²) in [5, 5.41) is 0. The van der Waals surface area contributed by atoms with Gasteiger partial charge in [-0.25, -0.2) is 4.90 Å². The first-order valence-electron chi connectivity index (χ1n) is 11.4. The molecule has 0 spiro atoms. The fourth-order valence-corrected chi connectivity index (χ4v) is 4.86. The summed E-state index contributed by atoms with van der Waals surface area (Å²) in [6, 6.07) is 13.5. The standard InChI is InChI=1S/C26H30N2O4/c1-18-8-7-9-19(16-18)25(30)27(20-10-5-3-4-6-11-20)23-17-24(29)28(26(23)31)21-12-14-22(32-2)15-13-21/h7-9,12-16,20,23H,3-6,10-11,17H2,1-2H3. The van der Waals surface area contributed by atoms with E-state index in [-0.39, 0.29) is 30.2 Å². The topological polar surface area (TPSA) is 66.9 Å². The molecule has 32 heavy (non-hydrogen) atoms. The minimum atomic E-state index is -0.777. The number of rotatable bonds is 5. The molecule has 1 aliphatic carbocycles. The SMILES string of the molecule is COc1ccc(N2C(=O)CC(N(C(=O)c3cccc(C)c3)C3CCCCCC3)C2=O)cc1. The molecule has 6 heteroatoms. The van der Waals surface area contributed by atoms with Crippen LogP contribution < -0.4 is 9.64 Å². The predicted octanol–water partition coefficient (Wildman–Crippen LogP) is 4.50. The van der Waals surface area contributed by atoms with Crippen LogP contribution in [-0.2, 0) is 9.59 Å². The largest absolute Gasteiger partial charge is 0.497 e. The minimum Gasteiger partial charge on any atom is -0.497 e. The highest BCUT2D eigenvalue weighted by Crippen LogP contribution is 2.32. The molecule has 1 saturated heterocycles. The highest BCUT2D eigenvalue weighted by Gasteiger charge is 2.46. The van der Waals surface area contributed by atoms with E-state index < -0.39 is 6.04 Å². The second kappa shape index (κ2) is 9.55. The molecule has 2 aliphatic rings. The van der Waals surface area contributed by atoms with Gasteiger partial charge in [-0.1, -0.05) is 43.4 Å². The molecular weight excluding hydrogens is 404 g/mol. The Kier molecular flexibility index (Phi) is 6.58. The fraction of sp³-hybridized carbons (Fsp3) is 0.423. The van der Waals surface area contributed by atoms with Crippen LogP contribution in [0, 0.1) is 6.92 Å². The number of aryl methyl sites for hydroxylation is 1. The Labute approximate surface area is 189 Å². The number of imide groups is 1. The molecule has 0 radical (unpaired) electrons. The molecule has 2 aromatic rings. The number of hydrogen-bond acceptors (Lipinski definition) is 4. The van der Waals surface area contributed by atoms with E-state index in [1.807, 2.05) is 25.1 Å². The van der Waals surface area contributed by atoms with Crippen molar-refractivity contribution in [2.75, 3.05) is 12.0 Å². The lowest BCUT2D eigenvalue weighted by atomic mass is 10.0. The Morgan fingerprint density at radius 1 is 1.00 bits per heavy atom. The van der Waals surface area contributed by atoms with Gasteiger partial charge in [0, 0.05) is 11.6 Å². The lowest BCUT2D eigenvalue weighted by Gasteiger charge is -2.35. The van der Waals surface area contributed by atoms with Gasteiger partial charge in [-0.15, -0.1) is 0 Å². The first-order chi connectivity index (χ1) is 15.5. The first-order valence-corrected chi connectivity index (χ1v) is 11.4. The number of carbonyl (C=O) groups excluding carboxylic acids is 3. The van der Waals surface area contributed by atoms with Gasteiger partial charge in [0.25, 0.3) is 11.8 Å². The Bertz CT molecular complexity index is 993. The van der Waals surface area contributed by atoms with E-state index in [4.69, 9.17) is 4.74 Å². The van der Waals surface area contributed by atoms with Crippen molar-refractivity contribution in [3.63, 3.8) is 0 Å².